The van der Waals surface area contributed by atoms with Crippen LogP contribution in [0.4, 0.5) is 0 Å². The Morgan fingerprint density at radius 3 is 2.61 bits per heavy atom. The monoisotopic (exact) mass is 249 g/mol. The van der Waals surface area contributed by atoms with E-state index in [-0.39, 0.29) is 17.9 Å². The van der Waals surface area contributed by atoms with E-state index in [0.717, 1.165) is 17.9 Å². The molecule has 1 fully saturated rings. The maximum atomic E-state index is 11.9. The van der Waals surface area contributed by atoms with Crippen LogP contribution in [0.2, 0.25) is 0 Å². The topological polar surface area (TPSA) is 57.5 Å². The Kier molecular flexibility index (Phi) is 4.20. The quantitative estimate of drug-likeness (QED) is 0.611. The maximum absolute atomic E-state index is 11.9. The van der Waals surface area contributed by atoms with Crippen molar-refractivity contribution in [3.05, 3.63) is 29.8 Å². The molecule has 2 rings (SSSR count). The second-order valence-electron chi connectivity index (χ2n) is 4.43. The fourth-order valence-electron chi connectivity index (χ4n) is 2.01. The van der Waals surface area contributed by atoms with Crippen LogP contribution in [0.25, 0.3) is 0 Å². The molecule has 18 heavy (non-hydrogen) atoms. The lowest BCUT2D eigenvalue weighted by Crippen LogP contribution is -2.26. The fraction of sp³-hybridized carbons (Fsp3) is 0.500. The molecule has 1 aliphatic rings. The van der Waals surface area contributed by atoms with Gasteiger partial charge in [-0.15, -0.1) is 0 Å². The summed E-state index contributed by atoms with van der Waals surface area (Å²) in [5, 5.41) is 3.19. The largest absolute Gasteiger partial charge is 0.497 e. The van der Waals surface area contributed by atoms with Crippen LogP contribution >= 0.6 is 0 Å². The van der Waals surface area contributed by atoms with E-state index in [4.69, 9.17) is 9.47 Å². The molecule has 98 valence electrons. The molecule has 0 spiro atoms. The van der Waals surface area contributed by atoms with Crippen LogP contribution in [0.15, 0.2) is 24.3 Å². The minimum Gasteiger partial charge on any atom is -0.497 e. The van der Waals surface area contributed by atoms with Crippen LogP contribution in [0.3, 0.4) is 0 Å². The van der Waals surface area contributed by atoms with Crippen molar-refractivity contribution in [2.75, 3.05) is 20.3 Å². The zero-order valence-electron chi connectivity index (χ0n) is 10.8. The van der Waals surface area contributed by atoms with Gasteiger partial charge in [0.15, 0.2) is 0 Å². The van der Waals surface area contributed by atoms with Gasteiger partial charge in [-0.05, 0) is 31.0 Å². The molecule has 1 heterocycles. The molecule has 4 nitrogen and oxygen atoms in total. The van der Waals surface area contributed by atoms with E-state index in [0.29, 0.717) is 13.0 Å². The Morgan fingerprint density at radius 1 is 1.44 bits per heavy atom. The van der Waals surface area contributed by atoms with Gasteiger partial charge in [-0.25, -0.2) is 0 Å². The number of hydrogen-bond donors (Lipinski definition) is 1. The molecule has 0 saturated carbocycles. The zero-order valence-corrected chi connectivity index (χ0v) is 10.8. The predicted octanol–water partition coefficient (Wildman–Crippen LogP) is 1.39. The number of benzene rings is 1. The molecule has 2 unspecified atom stereocenters. The van der Waals surface area contributed by atoms with E-state index < -0.39 is 0 Å². The van der Waals surface area contributed by atoms with E-state index in [9.17, 15) is 4.79 Å². The summed E-state index contributed by atoms with van der Waals surface area (Å²) < 4.78 is 10.2. The number of esters is 1. The average molecular weight is 249 g/mol. The van der Waals surface area contributed by atoms with Crippen LogP contribution in [0.5, 0.6) is 5.75 Å². The van der Waals surface area contributed by atoms with Crippen molar-refractivity contribution < 1.29 is 14.3 Å². The van der Waals surface area contributed by atoms with Gasteiger partial charge < -0.3 is 14.8 Å². The molecule has 1 N–H and O–H groups in total. The van der Waals surface area contributed by atoms with Crippen molar-refractivity contribution in [2.24, 2.45) is 5.92 Å². The van der Waals surface area contributed by atoms with Crippen molar-refractivity contribution in [3.8, 4) is 5.75 Å². The van der Waals surface area contributed by atoms with Gasteiger partial charge >= 0.3 is 5.97 Å². The van der Waals surface area contributed by atoms with Crippen molar-refractivity contribution >= 4 is 5.97 Å². The molecule has 0 radical (unpaired) electrons. The van der Waals surface area contributed by atoms with Crippen LogP contribution in [0, 0.1) is 5.92 Å². The molecule has 1 aliphatic heterocycles. The molecule has 0 amide bonds. The molecule has 0 aliphatic carbocycles. The number of ether oxygens (including phenoxy) is 2. The molecular formula is C14H19NO3. The Morgan fingerprint density at radius 2 is 2.11 bits per heavy atom. The van der Waals surface area contributed by atoms with Crippen LogP contribution < -0.4 is 10.1 Å². The number of methoxy groups -OCH3 is 1. The van der Waals surface area contributed by atoms with Gasteiger partial charge in [-0.1, -0.05) is 12.1 Å². The van der Waals surface area contributed by atoms with Crippen LogP contribution in [0.1, 0.15) is 12.5 Å². The van der Waals surface area contributed by atoms with Crippen LogP contribution in [-0.4, -0.2) is 32.3 Å². The molecule has 0 bridgehead atoms. The van der Waals surface area contributed by atoms with E-state index in [1.807, 2.05) is 31.2 Å². The van der Waals surface area contributed by atoms with E-state index >= 15 is 0 Å². The van der Waals surface area contributed by atoms with E-state index in [1.54, 1.807) is 7.11 Å². The minimum atomic E-state index is -0.108. The van der Waals surface area contributed by atoms with Gasteiger partial charge in [0.1, 0.15) is 5.75 Å². The summed E-state index contributed by atoms with van der Waals surface area (Å²) in [6, 6.07) is 8.09. The summed E-state index contributed by atoms with van der Waals surface area (Å²) in [4.78, 5) is 11.9. The van der Waals surface area contributed by atoms with Gasteiger partial charge in [0.2, 0.25) is 0 Å². The standard InChI is InChI=1S/C14H19NO3/c1-3-18-14(16)12(13-9-15-13)8-10-4-6-11(17-2)7-5-10/h4-7,12-13,15H,3,8-9H2,1-2H3. The van der Waals surface area contributed by atoms with Crippen molar-refractivity contribution in [2.45, 2.75) is 19.4 Å². The van der Waals surface area contributed by atoms with Gasteiger partial charge in [0, 0.05) is 12.6 Å². The highest BCUT2D eigenvalue weighted by Gasteiger charge is 2.36. The summed E-state index contributed by atoms with van der Waals surface area (Å²) >= 11 is 0. The van der Waals surface area contributed by atoms with Crippen molar-refractivity contribution in [1.29, 1.82) is 0 Å². The molecule has 1 aromatic rings. The third kappa shape index (κ3) is 3.23. The first-order valence-corrected chi connectivity index (χ1v) is 6.27. The number of rotatable bonds is 6. The van der Waals surface area contributed by atoms with E-state index in [2.05, 4.69) is 5.32 Å². The minimum absolute atomic E-state index is 0.0849. The summed E-state index contributed by atoms with van der Waals surface area (Å²) in [5.41, 5.74) is 1.13. The number of carbonyl (C=O) groups excluding carboxylic acids is 1. The first-order valence-electron chi connectivity index (χ1n) is 6.27. The number of carbonyl (C=O) groups is 1. The van der Waals surface area contributed by atoms with Gasteiger partial charge in [-0.3, -0.25) is 4.79 Å². The molecule has 1 saturated heterocycles. The highest BCUT2D eigenvalue weighted by molar-refractivity contribution is 5.74. The first kappa shape index (κ1) is 12.9. The van der Waals surface area contributed by atoms with Crippen molar-refractivity contribution in [3.63, 3.8) is 0 Å². The summed E-state index contributed by atoms with van der Waals surface area (Å²) in [6.45, 7) is 3.17. The Labute approximate surface area is 107 Å². The van der Waals surface area contributed by atoms with Gasteiger partial charge in [0.05, 0.1) is 19.6 Å². The third-order valence-electron chi connectivity index (χ3n) is 3.13. The molecule has 4 heteroatoms. The lowest BCUT2D eigenvalue weighted by molar-refractivity contribution is -0.147. The van der Waals surface area contributed by atoms with Gasteiger partial charge in [-0.2, -0.15) is 0 Å². The van der Waals surface area contributed by atoms with Crippen LogP contribution in [-0.2, 0) is 16.0 Å². The Bertz CT molecular complexity index is 398. The smallest absolute Gasteiger partial charge is 0.310 e. The Balaban J connectivity index is 2.01. The fourth-order valence-corrected chi connectivity index (χ4v) is 2.01. The summed E-state index contributed by atoms with van der Waals surface area (Å²) in [6.07, 6.45) is 0.709. The summed E-state index contributed by atoms with van der Waals surface area (Å²) in [5.74, 6) is 0.637. The van der Waals surface area contributed by atoms with Gasteiger partial charge in [0.25, 0.3) is 0 Å². The highest BCUT2D eigenvalue weighted by atomic mass is 16.5. The SMILES string of the molecule is CCOC(=O)C(Cc1ccc(OC)cc1)C1CN1. The molecular weight excluding hydrogens is 230 g/mol. The van der Waals surface area contributed by atoms with Crippen molar-refractivity contribution in [1.82, 2.24) is 5.32 Å². The average Bonchev–Trinajstić information content (AvgIpc) is 3.21. The molecule has 1 aromatic carbocycles. The lowest BCUT2D eigenvalue weighted by Gasteiger charge is -2.14. The number of nitrogens with one attached hydrogen (secondary N) is 1. The zero-order chi connectivity index (χ0) is 13.0. The molecule has 0 aromatic heterocycles. The number of hydrogen-bond acceptors (Lipinski definition) is 4. The third-order valence-corrected chi connectivity index (χ3v) is 3.13. The second-order valence-corrected chi connectivity index (χ2v) is 4.43. The highest BCUT2D eigenvalue weighted by Crippen LogP contribution is 2.21. The predicted molar refractivity (Wildman–Crippen MR) is 68.6 cm³/mol. The second kappa shape index (κ2) is 5.87. The van der Waals surface area contributed by atoms with E-state index in [1.165, 1.54) is 0 Å². The molecule has 2 atom stereocenters. The maximum Gasteiger partial charge on any atom is 0.310 e. The summed E-state index contributed by atoms with van der Waals surface area (Å²) in [7, 11) is 1.64. The Hall–Kier alpha value is -1.55. The first-order chi connectivity index (χ1) is 8.74. The lowest BCUT2D eigenvalue weighted by atomic mass is 9.96. The normalized spacial score (nSPS) is 19.1.